The molecule has 1 saturated heterocycles. The summed E-state index contributed by atoms with van der Waals surface area (Å²) in [7, 11) is 3.94. The van der Waals surface area contributed by atoms with Crippen molar-refractivity contribution in [3.63, 3.8) is 0 Å². The van der Waals surface area contributed by atoms with Crippen molar-refractivity contribution in [1.29, 1.82) is 0 Å². The van der Waals surface area contributed by atoms with Crippen molar-refractivity contribution in [3.8, 4) is 0 Å². The van der Waals surface area contributed by atoms with Crippen molar-refractivity contribution in [2.75, 3.05) is 33.7 Å². The molecule has 0 radical (unpaired) electrons. The lowest BCUT2D eigenvalue weighted by atomic mass is 10.2. The van der Waals surface area contributed by atoms with Crippen molar-refractivity contribution in [2.45, 2.75) is 12.5 Å². The maximum Gasteiger partial charge on any atom is 0.317 e. The lowest BCUT2D eigenvalue weighted by Crippen LogP contribution is -2.37. The van der Waals surface area contributed by atoms with Gasteiger partial charge in [0.05, 0.1) is 6.54 Å². The number of aliphatic carboxylic acids is 1. The third-order valence-electron chi connectivity index (χ3n) is 2.37. The van der Waals surface area contributed by atoms with Gasteiger partial charge >= 0.3 is 5.97 Å². The van der Waals surface area contributed by atoms with E-state index in [0.717, 1.165) is 19.5 Å². The summed E-state index contributed by atoms with van der Waals surface area (Å²) in [5, 5.41) is 8.55. The summed E-state index contributed by atoms with van der Waals surface area (Å²) in [6.07, 6.45) is 1.08. The molecule has 1 heterocycles. The zero-order valence-corrected chi connectivity index (χ0v) is 7.66. The van der Waals surface area contributed by atoms with Gasteiger partial charge in [-0.05, 0) is 27.1 Å². The molecule has 0 aliphatic carbocycles. The molecule has 0 amide bonds. The SMILES string of the molecule is CN1CC[C@@H](N(C)CC(=O)O)C1. The number of carbonyl (C=O) groups is 1. The fourth-order valence-corrected chi connectivity index (χ4v) is 1.61. The first kappa shape index (κ1) is 9.48. The quantitative estimate of drug-likeness (QED) is 0.635. The number of hydrogen-bond acceptors (Lipinski definition) is 3. The van der Waals surface area contributed by atoms with E-state index in [1.165, 1.54) is 0 Å². The zero-order chi connectivity index (χ0) is 9.14. The summed E-state index contributed by atoms with van der Waals surface area (Å²) in [4.78, 5) is 14.5. The van der Waals surface area contributed by atoms with E-state index in [-0.39, 0.29) is 6.54 Å². The Kier molecular flexibility index (Phi) is 3.05. The number of carboxylic acids is 1. The van der Waals surface area contributed by atoms with Gasteiger partial charge in [0.25, 0.3) is 0 Å². The molecule has 70 valence electrons. The molecule has 0 aromatic rings. The molecule has 0 aromatic heterocycles. The molecule has 1 fully saturated rings. The van der Waals surface area contributed by atoms with Crippen LogP contribution in [-0.2, 0) is 4.79 Å². The van der Waals surface area contributed by atoms with E-state index in [2.05, 4.69) is 11.9 Å². The third-order valence-corrected chi connectivity index (χ3v) is 2.37. The smallest absolute Gasteiger partial charge is 0.317 e. The van der Waals surface area contributed by atoms with Gasteiger partial charge in [0.2, 0.25) is 0 Å². The summed E-state index contributed by atoms with van der Waals surface area (Å²) >= 11 is 0. The first-order chi connectivity index (χ1) is 5.59. The van der Waals surface area contributed by atoms with Gasteiger partial charge in [-0.15, -0.1) is 0 Å². The van der Waals surface area contributed by atoms with Gasteiger partial charge in [-0.25, -0.2) is 0 Å². The third kappa shape index (κ3) is 2.46. The van der Waals surface area contributed by atoms with Crippen molar-refractivity contribution < 1.29 is 9.90 Å². The summed E-state index contributed by atoms with van der Waals surface area (Å²) in [6.45, 7) is 2.22. The van der Waals surface area contributed by atoms with Crippen LogP contribution in [-0.4, -0.2) is 60.6 Å². The molecule has 0 aromatic carbocycles. The number of likely N-dealkylation sites (tertiary alicyclic amines) is 1. The summed E-state index contributed by atoms with van der Waals surface area (Å²) in [5.74, 6) is -0.743. The number of hydrogen-bond donors (Lipinski definition) is 1. The van der Waals surface area contributed by atoms with Crippen LogP contribution in [0.15, 0.2) is 0 Å². The number of rotatable bonds is 3. The Bertz CT molecular complexity index is 172. The molecule has 0 saturated carbocycles. The Morgan fingerprint density at radius 1 is 1.75 bits per heavy atom. The zero-order valence-electron chi connectivity index (χ0n) is 7.66. The Balaban J connectivity index is 2.32. The molecule has 12 heavy (non-hydrogen) atoms. The Morgan fingerprint density at radius 2 is 2.42 bits per heavy atom. The lowest BCUT2D eigenvalue weighted by Gasteiger charge is -2.21. The summed E-state index contributed by atoms with van der Waals surface area (Å²) in [6, 6.07) is 0.422. The fraction of sp³-hybridized carbons (Fsp3) is 0.875. The van der Waals surface area contributed by atoms with Gasteiger partial charge in [-0.2, -0.15) is 0 Å². The highest BCUT2D eigenvalue weighted by molar-refractivity contribution is 5.69. The molecular formula is C8H16N2O2. The van der Waals surface area contributed by atoms with Crippen molar-refractivity contribution in [2.24, 2.45) is 0 Å². The first-order valence-electron chi connectivity index (χ1n) is 4.20. The van der Waals surface area contributed by atoms with Gasteiger partial charge in [-0.1, -0.05) is 0 Å². The van der Waals surface area contributed by atoms with Crippen LogP contribution in [0.25, 0.3) is 0 Å². The minimum atomic E-state index is -0.743. The molecule has 4 heteroatoms. The van der Waals surface area contributed by atoms with Gasteiger partial charge in [-0.3, -0.25) is 9.69 Å². The average Bonchev–Trinajstić information content (AvgIpc) is 2.34. The monoisotopic (exact) mass is 172 g/mol. The predicted octanol–water partition coefficient (Wildman–Crippen LogP) is -0.293. The fourth-order valence-electron chi connectivity index (χ4n) is 1.61. The predicted molar refractivity (Wildman–Crippen MR) is 46.2 cm³/mol. The number of carboxylic acid groups (broad SMARTS) is 1. The minimum absolute atomic E-state index is 0.151. The van der Waals surface area contributed by atoms with E-state index in [0.29, 0.717) is 6.04 Å². The molecule has 0 bridgehead atoms. The maximum atomic E-state index is 10.4. The van der Waals surface area contributed by atoms with E-state index < -0.39 is 5.97 Å². The minimum Gasteiger partial charge on any atom is -0.480 e. The molecule has 0 unspecified atom stereocenters. The lowest BCUT2D eigenvalue weighted by molar-refractivity contribution is -0.138. The van der Waals surface area contributed by atoms with Gasteiger partial charge in [0.1, 0.15) is 0 Å². The van der Waals surface area contributed by atoms with Crippen molar-refractivity contribution in [1.82, 2.24) is 9.80 Å². The highest BCUT2D eigenvalue weighted by atomic mass is 16.4. The summed E-state index contributed by atoms with van der Waals surface area (Å²) in [5.41, 5.74) is 0. The van der Waals surface area contributed by atoms with E-state index in [1.807, 2.05) is 11.9 Å². The van der Waals surface area contributed by atoms with Crippen LogP contribution >= 0.6 is 0 Å². The normalized spacial score (nSPS) is 25.1. The van der Waals surface area contributed by atoms with E-state index >= 15 is 0 Å². The van der Waals surface area contributed by atoms with Crippen molar-refractivity contribution >= 4 is 5.97 Å². The molecule has 1 aliphatic rings. The molecule has 0 spiro atoms. The topological polar surface area (TPSA) is 43.8 Å². The second kappa shape index (κ2) is 3.87. The Morgan fingerprint density at radius 3 is 2.83 bits per heavy atom. The standard InChI is InChI=1S/C8H16N2O2/c1-9-4-3-7(5-9)10(2)6-8(11)12/h7H,3-6H2,1-2H3,(H,11,12)/t7-/m1/s1. The maximum absolute atomic E-state index is 10.4. The van der Waals surface area contributed by atoms with Crippen LogP contribution in [0.3, 0.4) is 0 Å². The van der Waals surface area contributed by atoms with Crippen LogP contribution < -0.4 is 0 Å². The molecule has 1 aliphatic heterocycles. The van der Waals surface area contributed by atoms with E-state index in [1.54, 1.807) is 0 Å². The second-order valence-corrected chi connectivity index (χ2v) is 3.51. The van der Waals surface area contributed by atoms with Crippen LogP contribution in [0.2, 0.25) is 0 Å². The Labute approximate surface area is 72.8 Å². The summed E-state index contributed by atoms with van der Waals surface area (Å²) < 4.78 is 0. The highest BCUT2D eigenvalue weighted by Gasteiger charge is 2.23. The largest absolute Gasteiger partial charge is 0.480 e. The van der Waals surface area contributed by atoms with Crippen LogP contribution in [0.4, 0.5) is 0 Å². The van der Waals surface area contributed by atoms with Crippen LogP contribution in [0.1, 0.15) is 6.42 Å². The highest BCUT2D eigenvalue weighted by Crippen LogP contribution is 2.11. The van der Waals surface area contributed by atoms with E-state index in [4.69, 9.17) is 5.11 Å². The van der Waals surface area contributed by atoms with Crippen LogP contribution in [0.5, 0.6) is 0 Å². The van der Waals surface area contributed by atoms with Gasteiger partial charge < -0.3 is 10.0 Å². The first-order valence-corrected chi connectivity index (χ1v) is 4.20. The van der Waals surface area contributed by atoms with Gasteiger partial charge in [0.15, 0.2) is 0 Å². The number of nitrogens with zero attached hydrogens (tertiary/aromatic N) is 2. The van der Waals surface area contributed by atoms with Crippen LogP contribution in [0, 0.1) is 0 Å². The Hall–Kier alpha value is -0.610. The molecular weight excluding hydrogens is 156 g/mol. The average molecular weight is 172 g/mol. The van der Waals surface area contributed by atoms with Gasteiger partial charge in [0, 0.05) is 12.6 Å². The second-order valence-electron chi connectivity index (χ2n) is 3.51. The molecule has 1 atom stereocenters. The molecule has 1 rings (SSSR count). The number of likely N-dealkylation sites (N-methyl/N-ethyl adjacent to an activating group) is 2. The van der Waals surface area contributed by atoms with E-state index in [9.17, 15) is 4.79 Å². The molecule has 1 N–H and O–H groups in total. The van der Waals surface area contributed by atoms with Crippen molar-refractivity contribution in [3.05, 3.63) is 0 Å². The molecule has 4 nitrogen and oxygen atoms in total.